The van der Waals surface area contributed by atoms with Gasteiger partial charge in [0.25, 0.3) is 0 Å². The summed E-state index contributed by atoms with van der Waals surface area (Å²) in [6.45, 7) is 7.09. The molecule has 0 aliphatic rings. The van der Waals surface area contributed by atoms with E-state index in [0.717, 1.165) is 5.69 Å². The van der Waals surface area contributed by atoms with Gasteiger partial charge in [-0.1, -0.05) is 55.2 Å². The highest BCUT2D eigenvalue weighted by Gasteiger charge is 2.15. The molecule has 0 fully saturated rings. The van der Waals surface area contributed by atoms with E-state index >= 15 is 0 Å². The predicted octanol–water partition coefficient (Wildman–Crippen LogP) is 3.29. The van der Waals surface area contributed by atoms with Gasteiger partial charge in [-0.05, 0) is 12.1 Å². The third-order valence-electron chi connectivity index (χ3n) is 2.71. The molecule has 82 valence electrons. The van der Waals surface area contributed by atoms with Crippen LogP contribution in [0.4, 0.5) is 0 Å². The minimum Gasteiger partial charge on any atom is -0.256 e. The maximum absolute atomic E-state index is 4.35. The van der Waals surface area contributed by atoms with E-state index in [1.54, 1.807) is 0 Å². The Morgan fingerprint density at radius 3 is 2.06 bits per heavy atom. The Balaban J connectivity index is 2.34. The molecule has 0 N–H and O–H groups in total. The first kappa shape index (κ1) is 11.1. The Labute approximate surface area is 98.2 Å². The lowest BCUT2D eigenvalue weighted by Gasteiger charge is -2.16. The van der Waals surface area contributed by atoms with Gasteiger partial charge in [-0.15, -0.1) is 0 Å². The summed E-state index contributed by atoms with van der Waals surface area (Å²) in [5, 5.41) is 1.49. The van der Waals surface area contributed by atoms with Crippen LogP contribution in [0.2, 0.25) is 19.6 Å². The van der Waals surface area contributed by atoms with E-state index < -0.39 is 8.07 Å². The fourth-order valence-electron chi connectivity index (χ4n) is 1.67. The fourth-order valence-corrected chi connectivity index (χ4v) is 2.84. The quantitative estimate of drug-likeness (QED) is 0.717. The highest BCUT2D eigenvalue weighted by Crippen LogP contribution is 2.15. The molecule has 0 radical (unpaired) electrons. The SMILES string of the molecule is C[Si](C)(C)c1ccc(-c2ccccn2)cc1. The lowest BCUT2D eigenvalue weighted by Crippen LogP contribution is -2.37. The van der Waals surface area contributed by atoms with Gasteiger partial charge in [-0.3, -0.25) is 4.98 Å². The summed E-state index contributed by atoms with van der Waals surface area (Å²) in [6.07, 6.45) is 1.84. The van der Waals surface area contributed by atoms with Gasteiger partial charge in [0.05, 0.1) is 13.8 Å². The van der Waals surface area contributed by atoms with Crippen molar-refractivity contribution in [1.82, 2.24) is 4.98 Å². The van der Waals surface area contributed by atoms with E-state index in [9.17, 15) is 0 Å². The van der Waals surface area contributed by atoms with Crippen molar-refractivity contribution < 1.29 is 0 Å². The van der Waals surface area contributed by atoms with Crippen molar-refractivity contribution in [3.63, 3.8) is 0 Å². The summed E-state index contributed by atoms with van der Waals surface area (Å²) in [5.41, 5.74) is 2.24. The van der Waals surface area contributed by atoms with Crippen molar-refractivity contribution in [3.05, 3.63) is 48.7 Å². The van der Waals surface area contributed by atoms with Gasteiger partial charge in [0.1, 0.15) is 0 Å². The van der Waals surface area contributed by atoms with Crippen molar-refractivity contribution >= 4 is 13.3 Å². The Bertz CT molecular complexity index is 454. The zero-order valence-electron chi connectivity index (χ0n) is 10.1. The fraction of sp³-hybridized carbons (Fsp3) is 0.214. The number of hydrogen-bond acceptors (Lipinski definition) is 1. The van der Waals surface area contributed by atoms with Crippen LogP contribution in [0.25, 0.3) is 11.3 Å². The maximum atomic E-state index is 4.35. The Morgan fingerprint density at radius 1 is 0.875 bits per heavy atom. The van der Waals surface area contributed by atoms with E-state index in [4.69, 9.17) is 0 Å². The molecule has 2 heteroatoms. The van der Waals surface area contributed by atoms with Crippen LogP contribution in [0.5, 0.6) is 0 Å². The molecule has 0 atom stereocenters. The summed E-state index contributed by atoms with van der Waals surface area (Å²) >= 11 is 0. The van der Waals surface area contributed by atoms with Crippen molar-refractivity contribution in [2.24, 2.45) is 0 Å². The number of benzene rings is 1. The average molecular weight is 227 g/mol. The summed E-state index contributed by atoms with van der Waals surface area (Å²) in [4.78, 5) is 4.35. The van der Waals surface area contributed by atoms with E-state index in [1.807, 2.05) is 24.4 Å². The summed E-state index contributed by atoms with van der Waals surface area (Å²) in [5.74, 6) is 0. The highest BCUT2D eigenvalue weighted by molar-refractivity contribution is 6.88. The van der Waals surface area contributed by atoms with Gasteiger partial charge in [0.2, 0.25) is 0 Å². The zero-order valence-corrected chi connectivity index (χ0v) is 11.1. The largest absolute Gasteiger partial charge is 0.256 e. The monoisotopic (exact) mass is 227 g/mol. The molecule has 0 spiro atoms. The Morgan fingerprint density at radius 2 is 1.56 bits per heavy atom. The first-order valence-electron chi connectivity index (χ1n) is 5.59. The minimum atomic E-state index is -1.18. The second-order valence-corrected chi connectivity index (χ2v) is 10.1. The zero-order chi connectivity index (χ0) is 11.6. The Hall–Kier alpha value is -1.41. The second kappa shape index (κ2) is 4.22. The van der Waals surface area contributed by atoms with Crippen LogP contribution in [0, 0.1) is 0 Å². The standard InChI is InChI=1S/C14H17NSi/c1-16(2,3)13-9-7-12(8-10-13)14-6-4-5-11-15-14/h4-11H,1-3H3. The summed E-state index contributed by atoms with van der Waals surface area (Å²) < 4.78 is 0. The van der Waals surface area contributed by atoms with Crippen molar-refractivity contribution in [3.8, 4) is 11.3 Å². The molecule has 1 aromatic heterocycles. The number of pyridine rings is 1. The topological polar surface area (TPSA) is 12.9 Å². The van der Waals surface area contributed by atoms with Gasteiger partial charge in [0, 0.05) is 11.8 Å². The number of nitrogens with zero attached hydrogens (tertiary/aromatic N) is 1. The van der Waals surface area contributed by atoms with Crippen molar-refractivity contribution in [2.45, 2.75) is 19.6 Å². The summed E-state index contributed by atoms with van der Waals surface area (Å²) in [7, 11) is -1.18. The van der Waals surface area contributed by atoms with Gasteiger partial charge in [-0.25, -0.2) is 0 Å². The van der Waals surface area contributed by atoms with Gasteiger partial charge >= 0.3 is 0 Å². The third kappa shape index (κ3) is 2.39. The molecule has 0 aliphatic carbocycles. The van der Waals surface area contributed by atoms with Crippen LogP contribution in [0.1, 0.15) is 0 Å². The third-order valence-corrected chi connectivity index (χ3v) is 4.78. The molecular formula is C14H17NSi. The van der Waals surface area contributed by atoms with Gasteiger partial charge in [-0.2, -0.15) is 0 Å². The molecule has 16 heavy (non-hydrogen) atoms. The van der Waals surface area contributed by atoms with Crippen LogP contribution >= 0.6 is 0 Å². The van der Waals surface area contributed by atoms with Crippen LogP contribution in [-0.4, -0.2) is 13.1 Å². The maximum Gasteiger partial charge on any atom is 0.0775 e. The van der Waals surface area contributed by atoms with Crippen LogP contribution in [0.15, 0.2) is 48.7 Å². The second-order valence-electron chi connectivity index (χ2n) is 5.04. The van der Waals surface area contributed by atoms with Crippen LogP contribution in [-0.2, 0) is 0 Å². The van der Waals surface area contributed by atoms with E-state index in [2.05, 4.69) is 48.9 Å². The van der Waals surface area contributed by atoms with E-state index in [0.29, 0.717) is 0 Å². The minimum absolute atomic E-state index is 1.05. The molecule has 0 saturated carbocycles. The molecule has 2 rings (SSSR count). The van der Waals surface area contributed by atoms with Crippen molar-refractivity contribution in [2.75, 3.05) is 0 Å². The molecule has 1 aromatic carbocycles. The molecule has 0 saturated heterocycles. The first-order chi connectivity index (χ1) is 7.57. The average Bonchev–Trinajstić information content (AvgIpc) is 2.29. The normalized spacial score (nSPS) is 11.4. The lowest BCUT2D eigenvalue weighted by atomic mass is 10.1. The van der Waals surface area contributed by atoms with E-state index in [-0.39, 0.29) is 0 Å². The molecular weight excluding hydrogens is 210 g/mol. The number of aromatic nitrogens is 1. The molecule has 0 unspecified atom stereocenters. The molecule has 0 amide bonds. The van der Waals surface area contributed by atoms with Gasteiger partial charge in [0.15, 0.2) is 0 Å². The number of rotatable bonds is 2. The first-order valence-corrected chi connectivity index (χ1v) is 9.09. The summed E-state index contributed by atoms with van der Waals surface area (Å²) in [6, 6.07) is 14.9. The van der Waals surface area contributed by atoms with E-state index in [1.165, 1.54) is 10.8 Å². The molecule has 0 aliphatic heterocycles. The molecule has 2 aromatic rings. The van der Waals surface area contributed by atoms with Crippen LogP contribution in [0.3, 0.4) is 0 Å². The van der Waals surface area contributed by atoms with Gasteiger partial charge < -0.3 is 0 Å². The van der Waals surface area contributed by atoms with Crippen molar-refractivity contribution in [1.29, 1.82) is 0 Å². The number of hydrogen-bond donors (Lipinski definition) is 0. The van der Waals surface area contributed by atoms with Crippen LogP contribution < -0.4 is 5.19 Å². The molecule has 1 heterocycles. The molecule has 1 nitrogen and oxygen atoms in total. The Kier molecular flexibility index (Phi) is 2.92. The smallest absolute Gasteiger partial charge is 0.0775 e. The lowest BCUT2D eigenvalue weighted by molar-refractivity contribution is 1.33. The predicted molar refractivity (Wildman–Crippen MR) is 72.7 cm³/mol. The highest BCUT2D eigenvalue weighted by atomic mass is 28.3. The molecule has 0 bridgehead atoms.